The summed E-state index contributed by atoms with van der Waals surface area (Å²) in [6.45, 7) is -0.278. The highest BCUT2D eigenvalue weighted by molar-refractivity contribution is 6.17. The molecule has 7 heteroatoms. The fourth-order valence-corrected chi connectivity index (χ4v) is 1.34. The first-order valence-corrected chi connectivity index (χ1v) is 4.46. The van der Waals surface area contributed by atoms with Crippen LogP contribution >= 0.6 is 0 Å². The molecule has 0 amide bonds. The van der Waals surface area contributed by atoms with Crippen LogP contribution in [0.2, 0.25) is 0 Å². The van der Waals surface area contributed by atoms with Gasteiger partial charge in [-0.1, -0.05) is 12.1 Å². The van der Waals surface area contributed by atoms with Crippen LogP contribution in [0.15, 0.2) is 12.1 Å². The molecule has 0 saturated heterocycles. The van der Waals surface area contributed by atoms with E-state index < -0.39 is 17.9 Å². The number of nitrogens with two attached hydrogens (primary N) is 1. The number of hydrogen-bond donors (Lipinski definition) is 4. The first kappa shape index (κ1) is 12.7. The predicted molar refractivity (Wildman–Crippen MR) is 56.0 cm³/mol. The molecule has 0 aromatic carbocycles. The Hall–Kier alpha value is -2.41. The van der Waals surface area contributed by atoms with E-state index in [2.05, 4.69) is 5.73 Å². The Morgan fingerprint density at radius 3 is 1.35 bits per heavy atom. The molecule has 2 rings (SSSR count). The summed E-state index contributed by atoms with van der Waals surface area (Å²) in [5.41, 5.74) is 5.54. The van der Waals surface area contributed by atoms with Crippen molar-refractivity contribution in [3.63, 3.8) is 0 Å². The minimum Gasteiger partial charge on any atom is -0.480 e. The highest BCUT2D eigenvalue weighted by atomic mass is 16.4. The molecule has 0 radical (unpaired) electrons. The van der Waals surface area contributed by atoms with Gasteiger partial charge in [0.1, 0.15) is 0 Å². The van der Waals surface area contributed by atoms with Gasteiger partial charge in [-0.05, 0) is 11.1 Å². The van der Waals surface area contributed by atoms with Crippen LogP contribution in [0.4, 0.5) is 0 Å². The zero-order valence-corrected chi connectivity index (χ0v) is 8.51. The van der Waals surface area contributed by atoms with Gasteiger partial charge in [0, 0.05) is 0 Å². The summed E-state index contributed by atoms with van der Waals surface area (Å²) in [7, 11) is 0. The summed E-state index contributed by atoms with van der Waals surface area (Å²) in [5.74, 6) is -3.31. The lowest BCUT2D eigenvalue weighted by Crippen LogP contribution is -2.19. The lowest BCUT2D eigenvalue weighted by Gasteiger charge is -2.22. The van der Waals surface area contributed by atoms with Crippen molar-refractivity contribution in [3.05, 3.63) is 23.3 Å². The monoisotopic (exact) mass is 239 g/mol. The minimum absolute atomic E-state index is 0.0694. The number of carboxylic acid groups (broad SMARTS) is 3. The zero-order valence-electron chi connectivity index (χ0n) is 8.51. The van der Waals surface area contributed by atoms with Gasteiger partial charge in [-0.2, -0.15) is 0 Å². The summed E-state index contributed by atoms with van der Waals surface area (Å²) in [4.78, 5) is 30.2. The molecule has 0 heterocycles. The van der Waals surface area contributed by atoms with Gasteiger partial charge in [-0.3, -0.25) is 4.79 Å². The topological polar surface area (TPSA) is 138 Å². The third-order valence-electron chi connectivity index (χ3n) is 2.10. The van der Waals surface area contributed by atoms with Gasteiger partial charge in [-0.25, -0.2) is 9.59 Å². The average Bonchev–Trinajstić information content (AvgIpc) is 2.20. The molecule has 0 fully saturated rings. The Balaban J connectivity index is 0.000000249. The first-order valence-electron chi connectivity index (χ1n) is 4.46. The van der Waals surface area contributed by atoms with Crippen molar-refractivity contribution >= 4 is 17.9 Å². The molecule has 17 heavy (non-hydrogen) atoms. The molecule has 2 aliphatic rings. The number of hydrogen-bond acceptors (Lipinski definition) is 4. The summed E-state index contributed by atoms with van der Waals surface area (Å²) in [6.07, 6.45) is 0. The Bertz CT molecular complexity index is 469. The van der Waals surface area contributed by atoms with Crippen molar-refractivity contribution in [2.24, 2.45) is 5.73 Å². The van der Waals surface area contributed by atoms with Gasteiger partial charge >= 0.3 is 17.9 Å². The van der Waals surface area contributed by atoms with Crippen LogP contribution in [0, 0.1) is 0 Å². The second kappa shape index (κ2) is 4.62. The van der Waals surface area contributed by atoms with E-state index in [0.717, 1.165) is 0 Å². The molecular weight excluding hydrogens is 230 g/mol. The van der Waals surface area contributed by atoms with E-state index in [9.17, 15) is 14.4 Å². The van der Waals surface area contributed by atoms with Crippen molar-refractivity contribution in [2.75, 3.05) is 6.54 Å². The number of carboxylic acids is 3. The van der Waals surface area contributed by atoms with E-state index in [-0.39, 0.29) is 17.7 Å². The molecule has 5 N–H and O–H groups in total. The van der Waals surface area contributed by atoms with Gasteiger partial charge in [0.15, 0.2) is 0 Å². The summed E-state index contributed by atoms with van der Waals surface area (Å²) in [5, 5.41) is 24.8. The lowest BCUT2D eigenvalue weighted by molar-refractivity contribution is -0.135. The number of carbonyl (C=O) groups is 3. The summed E-state index contributed by atoms with van der Waals surface area (Å²) < 4.78 is 0. The van der Waals surface area contributed by atoms with E-state index in [1.165, 1.54) is 0 Å². The molecule has 2 aliphatic carbocycles. The summed E-state index contributed by atoms with van der Waals surface area (Å²) >= 11 is 0. The second-order valence-electron chi connectivity index (χ2n) is 3.12. The van der Waals surface area contributed by atoms with Gasteiger partial charge < -0.3 is 21.1 Å². The molecule has 0 unspecified atom stereocenters. The predicted octanol–water partition coefficient (Wildman–Crippen LogP) is 0.0931. The quantitative estimate of drug-likeness (QED) is 0.595. The lowest BCUT2D eigenvalue weighted by atomic mass is 9.79. The van der Waals surface area contributed by atoms with Gasteiger partial charge in [-0.15, -0.1) is 0 Å². The first-order chi connectivity index (χ1) is 7.90. The average molecular weight is 239 g/mol. The fraction of sp³-hybridized carbons (Fsp3) is 0.100. The van der Waals surface area contributed by atoms with E-state index in [1.54, 1.807) is 12.1 Å². The number of aliphatic carboxylic acids is 1. The molecule has 0 aromatic heterocycles. The van der Waals surface area contributed by atoms with Crippen molar-refractivity contribution < 1.29 is 29.7 Å². The standard InChI is InChI=1S/C8H4O4.C2H5NO2/c9-7(10)5-3-1-2-4(3)6(5)8(11)12;3-1-2(4)5/h1-2H,(H,9,10)(H,11,12);1,3H2,(H,4,5). The number of benzene rings is 1. The number of rotatable bonds is 3. The molecule has 7 nitrogen and oxygen atoms in total. The molecule has 0 saturated carbocycles. The molecule has 0 spiro atoms. The molecule has 0 atom stereocenters. The minimum atomic E-state index is -1.17. The molecular formula is C10H9NO6. The Kier molecular flexibility index (Phi) is 3.44. The van der Waals surface area contributed by atoms with Crippen LogP contribution in [-0.4, -0.2) is 39.8 Å². The molecule has 0 aliphatic heterocycles. The van der Waals surface area contributed by atoms with Gasteiger partial charge in [0.05, 0.1) is 17.7 Å². The Morgan fingerprint density at radius 2 is 1.24 bits per heavy atom. The van der Waals surface area contributed by atoms with Crippen LogP contribution < -0.4 is 5.73 Å². The van der Waals surface area contributed by atoms with Crippen molar-refractivity contribution in [3.8, 4) is 11.1 Å². The highest BCUT2D eigenvalue weighted by Crippen LogP contribution is 2.42. The Morgan fingerprint density at radius 1 is 0.941 bits per heavy atom. The van der Waals surface area contributed by atoms with Crippen LogP contribution in [-0.2, 0) is 4.79 Å². The molecule has 0 bridgehead atoms. The second-order valence-corrected chi connectivity index (χ2v) is 3.12. The van der Waals surface area contributed by atoms with Crippen molar-refractivity contribution in [2.45, 2.75) is 0 Å². The normalized spacial score (nSPS) is 9.94. The highest BCUT2D eigenvalue weighted by Gasteiger charge is 2.33. The van der Waals surface area contributed by atoms with Crippen LogP contribution in [0.25, 0.3) is 11.1 Å². The smallest absolute Gasteiger partial charge is 0.337 e. The number of aromatic carboxylic acids is 2. The van der Waals surface area contributed by atoms with Crippen molar-refractivity contribution in [1.29, 1.82) is 0 Å². The van der Waals surface area contributed by atoms with E-state index >= 15 is 0 Å². The van der Waals surface area contributed by atoms with Crippen LogP contribution in [0.1, 0.15) is 20.7 Å². The van der Waals surface area contributed by atoms with Gasteiger partial charge in [0.25, 0.3) is 0 Å². The molecule has 90 valence electrons. The summed E-state index contributed by atoms with van der Waals surface area (Å²) in [6, 6.07) is 3.20. The SMILES string of the molecule is NCC(=O)O.O=C(O)c1c2ccc-2c1C(=O)O. The van der Waals surface area contributed by atoms with Gasteiger partial charge in [0.2, 0.25) is 0 Å². The fourth-order valence-electron chi connectivity index (χ4n) is 1.34. The zero-order chi connectivity index (χ0) is 13.2. The Labute approximate surface area is 95.1 Å². The maximum atomic E-state index is 10.5. The van der Waals surface area contributed by atoms with E-state index in [4.69, 9.17) is 15.3 Å². The maximum Gasteiger partial charge on any atom is 0.337 e. The molecule has 0 aromatic rings. The third kappa shape index (κ3) is 2.23. The van der Waals surface area contributed by atoms with Crippen molar-refractivity contribution in [1.82, 2.24) is 0 Å². The number of fused-ring (bicyclic) bond motifs is 1. The maximum absolute atomic E-state index is 10.5. The van der Waals surface area contributed by atoms with E-state index in [0.29, 0.717) is 11.1 Å². The van der Waals surface area contributed by atoms with E-state index in [1.807, 2.05) is 0 Å². The van der Waals surface area contributed by atoms with Crippen LogP contribution in [0.3, 0.4) is 0 Å². The van der Waals surface area contributed by atoms with Crippen LogP contribution in [0.5, 0.6) is 0 Å². The largest absolute Gasteiger partial charge is 0.480 e. The third-order valence-corrected chi connectivity index (χ3v) is 2.10.